The highest BCUT2D eigenvalue weighted by Crippen LogP contribution is 2.40. The van der Waals surface area contributed by atoms with E-state index in [9.17, 15) is 14.9 Å². The zero-order valence-corrected chi connectivity index (χ0v) is 24.3. The fraction of sp³-hybridized carbons (Fsp3) is 0. The second-order valence-electron chi connectivity index (χ2n) is 11.1. The number of hydrogen-bond donors (Lipinski definition) is 0. The van der Waals surface area contributed by atoms with Crippen molar-refractivity contribution in [2.24, 2.45) is 0 Å². The first-order valence-corrected chi connectivity index (χ1v) is 14.7. The van der Waals surface area contributed by atoms with Gasteiger partial charge in [0.2, 0.25) is 0 Å². The number of amides is 2. The van der Waals surface area contributed by atoms with Gasteiger partial charge in [0.1, 0.15) is 0 Å². The second kappa shape index (κ2) is 10.4. The zero-order chi connectivity index (χ0) is 31.4. The molecule has 0 saturated heterocycles. The summed E-state index contributed by atoms with van der Waals surface area (Å²) in [4.78, 5) is 33.0. The van der Waals surface area contributed by atoms with E-state index >= 15 is 0 Å². The molecule has 0 bridgehead atoms. The molecule has 0 aliphatic carbocycles. The van der Waals surface area contributed by atoms with Gasteiger partial charge in [0.05, 0.1) is 46.2 Å². The molecule has 0 N–H and O–H groups in total. The molecule has 1 aliphatic heterocycles. The number of nitriles is 1. The van der Waals surface area contributed by atoms with Crippen molar-refractivity contribution in [3.05, 3.63) is 162 Å². The fourth-order valence-electron chi connectivity index (χ4n) is 6.49. The summed E-state index contributed by atoms with van der Waals surface area (Å²) in [6.45, 7) is 7.35. The highest BCUT2D eigenvalue weighted by atomic mass is 16.2. The van der Waals surface area contributed by atoms with Crippen molar-refractivity contribution < 1.29 is 9.59 Å². The molecule has 7 aromatic rings. The highest BCUT2D eigenvalue weighted by molar-refractivity contribution is 6.36. The van der Waals surface area contributed by atoms with Gasteiger partial charge in [0, 0.05) is 16.3 Å². The van der Waals surface area contributed by atoms with E-state index in [4.69, 9.17) is 6.57 Å². The second-order valence-corrected chi connectivity index (χ2v) is 11.1. The number of rotatable bonds is 4. The molecular weight excluding hydrogens is 568 g/mol. The van der Waals surface area contributed by atoms with E-state index in [0.717, 1.165) is 38.5 Å². The molecule has 0 fully saturated rings. The van der Waals surface area contributed by atoms with Crippen molar-refractivity contribution >= 4 is 45.0 Å². The number of para-hydroxylation sites is 1. The van der Waals surface area contributed by atoms with Crippen molar-refractivity contribution in [2.75, 3.05) is 4.90 Å². The van der Waals surface area contributed by atoms with Crippen LogP contribution < -0.4 is 4.90 Å². The zero-order valence-electron chi connectivity index (χ0n) is 24.3. The molecule has 0 unspecified atom stereocenters. The van der Waals surface area contributed by atoms with Crippen molar-refractivity contribution in [3.8, 4) is 34.0 Å². The van der Waals surface area contributed by atoms with Gasteiger partial charge in [-0.05, 0) is 64.7 Å². The first kappa shape index (κ1) is 26.8. The summed E-state index contributed by atoms with van der Waals surface area (Å²) in [5.41, 5.74) is 7.73. The Balaban J connectivity index is 1.32. The lowest BCUT2D eigenvalue weighted by molar-refractivity contribution is 0.0926. The van der Waals surface area contributed by atoms with Gasteiger partial charge in [-0.1, -0.05) is 91.0 Å². The smallest absolute Gasteiger partial charge is 0.268 e. The minimum Gasteiger partial charge on any atom is -0.308 e. The highest BCUT2D eigenvalue weighted by Gasteiger charge is 2.39. The van der Waals surface area contributed by atoms with Gasteiger partial charge < -0.3 is 4.57 Å². The molecule has 46 heavy (non-hydrogen) atoms. The normalized spacial score (nSPS) is 12.3. The number of aromatic nitrogens is 1. The van der Waals surface area contributed by atoms with E-state index in [1.165, 1.54) is 4.90 Å². The Kier molecular flexibility index (Phi) is 6.10. The molecule has 0 spiro atoms. The summed E-state index contributed by atoms with van der Waals surface area (Å²) in [7, 11) is 0. The Morgan fingerprint density at radius 2 is 1.37 bits per heavy atom. The predicted molar refractivity (Wildman–Crippen MR) is 180 cm³/mol. The molecule has 0 saturated carbocycles. The maximum Gasteiger partial charge on any atom is 0.268 e. The van der Waals surface area contributed by atoms with Crippen LogP contribution in [0.5, 0.6) is 0 Å². The van der Waals surface area contributed by atoms with Crippen LogP contribution in [-0.2, 0) is 0 Å². The number of fused-ring (bicyclic) bond motifs is 4. The van der Waals surface area contributed by atoms with Crippen molar-refractivity contribution in [3.63, 3.8) is 0 Å². The Bertz CT molecular complexity index is 2500. The largest absolute Gasteiger partial charge is 0.308 e. The third kappa shape index (κ3) is 4.02. The van der Waals surface area contributed by atoms with E-state index in [-0.39, 0.29) is 11.8 Å². The molecule has 1 aliphatic rings. The minimum absolute atomic E-state index is 0.338. The maximum absolute atomic E-state index is 14.3. The van der Waals surface area contributed by atoms with Gasteiger partial charge in [-0.3, -0.25) is 9.59 Å². The van der Waals surface area contributed by atoms with E-state index < -0.39 is 0 Å². The first-order chi connectivity index (χ1) is 22.6. The topological polar surface area (TPSA) is 70.5 Å². The molecule has 1 aromatic heterocycles. The lowest BCUT2D eigenvalue weighted by atomic mass is 9.98. The van der Waals surface area contributed by atoms with Crippen LogP contribution in [0.2, 0.25) is 0 Å². The lowest BCUT2D eigenvalue weighted by Gasteiger charge is -2.16. The standard InChI is InChI=1S/C40H22N4O2/c1-42-29-18-20-31(28(21-29)24-41)27-17-19-33-32-13-5-6-15-35(32)44(37(33)23-27)36-16-8-14-34-38(36)40(46)43(39(34)45)30-12-7-11-26(22-30)25-9-3-2-4-10-25/h2-23H. The number of benzene rings is 6. The summed E-state index contributed by atoms with van der Waals surface area (Å²) in [5, 5.41) is 11.9. The molecule has 2 heterocycles. The molecule has 6 aromatic carbocycles. The Morgan fingerprint density at radius 3 is 2.20 bits per heavy atom. The molecule has 2 amide bonds. The third-order valence-corrected chi connectivity index (χ3v) is 8.58. The van der Waals surface area contributed by atoms with Gasteiger partial charge in [-0.15, -0.1) is 0 Å². The molecule has 6 heteroatoms. The van der Waals surface area contributed by atoms with Gasteiger partial charge >= 0.3 is 0 Å². The van der Waals surface area contributed by atoms with E-state index in [2.05, 4.69) is 10.9 Å². The van der Waals surface area contributed by atoms with Crippen LogP contribution in [0.4, 0.5) is 11.4 Å². The van der Waals surface area contributed by atoms with Crippen LogP contribution in [0.3, 0.4) is 0 Å². The average molecular weight is 591 g/mol. The van der Waals surface area contributed by atoms with Gasteiger partial charge in [0.25, 0.3) is 11.8 Å². The van der Waals surface area contributed by atoms with Gasteiger partial charge in [0.15, 0.2) is 5.69 Å². The van der Waals surface area contributed by atoms with Gasteiger partial charge in [-0.25, -0.2) is 9.74 Å². The van der Waals surface area contributed by atoms with Crippen molar-refractivity contribution in [2.45, 2.75) is 0 Å². The molecule has 0 radical (unpaired) electrons. The molecule has 6 nitrogen and oxygen atoms in total. The average Bonchev–Trinajstić information content (AvgIpc) is 3.58. The van der Waals surface area contributed by atoms with Crippen LogP contribution in [0.15, 0.2) is 133 Å². The van der Waals surface area contributed by atoms with Crippen LogP contribution >= 0.6 is 0 Å². The summed E-state index contributed by atoms with van der Waals surface area (Å²) in [6, 6.07) is 44.0. The summed E-state index contributed by atoms with van der Waals surface area (Å²) in [5.74, 6) is -0.753. The van der Waals surface area contributed by atoms with Crippen LogP contribution in [0, 0.1) is 17.9 Å². The number of carbonyl (C=O) groups excluding carboxylic acids is 2. The monoisotopic (exact) mass is 590 g/mol. The number of imide groups is 1. The molecule has 8 rings (SSSR count). The maximum atomic E-state index is 14.3. The number of carbonyl (C=O) groups is 2. The van der Waals surface area contributed by atoms with E-state index in [0.29, 0.717) is 39.3 Å². The molecule has 214 valence electrons. The number of nitrogens with zero attached hydrogens (tertiary/aromatic N) is 4. The van der Waals surface area contributed by atoms with E-state index in [1.54, 1.807) is 30.3 Å². The lowest BCUT2D eigenvalue weighted by Crippen LogP contribution is -2.29. The predicted octanol–water partition coefficient (Wildman–Crippen LogP) is 9.34. The Labute approximate surface area is 264 Å². The van der Waals surface area contributed by atoms with Crippen LogP contribution in [0.25, 0.3) is 54.6 Å². The van der Waals surface area contributed by atoms with Crippen LogP contribution in [0.1, 0.15) is 26.3 Å². The minimum atomic E-state index is -0.385. The molecule has 0 atom stereocenters. The fourth-order valence-corrected chi connectivity index (χ4v) is 6.49. The van der Waals surface area contributed by atoms with Crippen LogP contribution in [-0.4, -0.2) is 16.4 Å². The third-order valence-electron chi connectivity index (χ3n) is 8.58. The van der Waals surface area contributed by atoms with Crippen molar-refractivity contribution in [1.29, 1.82) is 5.26 Å². The SMILES string of the molecule is [C-]#[N+]c1ccc(-c2ccc3c4ccccc4n(-c4cccc5c4C(=O)N(c4cccc(-c6ccccc6)c4)C5=O)c3c2)c(C#N)c1. The van der Waals surface area contributed by atoms with Crippen molar-refractivity contribution in [1.82, 2.24) is 4.57 Å². The Hall–Kier alpha value is -6.76. The van der Waals surface area contributed by atoms with E-state index in [1.807, 2.05) is 108 Å². The Morgan fingerprint density at radius 1 is 0.609 bits per heavy atom. The van der Waals surface area contributed by atoms with Gasteiger partial charge in [-0.2, -0.15) is 5.26 Å². The summed E-state index contributed by atoms with van der Waals surface area (Å²) >= 11 is 0. The quantitative estimate of drug-likeness (QED) is 0.151. The summed E-state index contributed by atoms with van der Waals surface area (Å²) < 4.78 is 2.03. The molecular formula is C40H22N4O2. The first-order valence-electron chi connectivity index (χ1n) is 14.7. The summed E-state index contributed by atoms with van der Waals surface area (Å²) in [6.07, 6.45) is 0. The number of anilines is 1. The number of hydrogen-bond acceptors (Lipinski definition) is 3.